The lowest BCUT2D eigenvalue weighted by Crippen LogP contribution is -2.31. The van der Waals surface area contributed by atoms with Gasteiger partial charge in [0, 0.05) is 24.6 Å². The Hall–Kier alpha value is -0.800. The number of carbonyl (C=O) groups excluding carboxylic acids is 1. The minimum Gasteiger partial charge on any atom is -0.303 e. The molecule has 0 radical (unpaired) electrons. The van der Waals surface area contributed by atoms with E-state index in [0.29, 0.717) is 12.5 Å². The fourth-order valence-electron chi connectivity index (χ4n) is 1.97. The van der Waals surface area contributed by atoms with Crippen LogP contribution in [0.25, 0.3) is 0 Å². The van der Waals surface area contributed by atoms with E-state index < -0.39 is 0 Å². The van der Waals surface area contributed by atoms with Crippen LogP contribution in [-0.4, -0.2) is 42.3 Å². The van der Waals surface area contributed by atoms with Crippen LogP contribution in [0.1, 0.15) is 35.7 Å². The summed E-state index contributed by atoms with van der Waals surface area (Å²) in [5, 5.41) is 0. The van der Waals surface area contributed by atoms with Crippen molar-refractivity contribution >= 4 is 17.5 Å². The van der Waals surface area contributed by atoms with Crippen molar-refractivity contribution in [3.05, 3.63) is 35.4 Å². The summed E-state index contributed by atoms with van der Waals surface area (Å²) in [4.78, 5) is 14.4. The number of benzene rings is 1. The molecule has 2 nitrogen and oxygen atoms in total. The van der Waals surface area contributed by atoms with Crippen molar-refractivity contribution in [2.24, 2.45) is 0 Å². The van der Waals surface area contributed by atoms with E-state index in [4.69, 9.17) is 0 Å². The number of nitrogens with zero attached hydrogens (tertiary/aromatic N) is 1. The van der Waals surface area contributed by atoms with Crippen molar-refractivity contribution in [1.29, 1.82) is 0 Å². The van der Waals surface area contributed by atoms with Crippen molar-refractivity contribution in [1.82, 2.24) is 4.90 Å². The van der Waals surface area contributed by atoms with E-state index in [2.05, 4.69) is 25.1 Å². The van der Waals surface area contributed by atoms with Crippen LogP contribution in [0.3, 0.4) is 0 Å². The normalized spacial score (nSPS) is 12.7. The van der Waals surface area contributed by atoms with Gasteiger partial charge in [0.25, 0.3) is 0 Å². The third kappa shape index (κ3) is 5.79. The van der Waals surface area contributed by atoms with E-state index in [0.717, 1.165) is 17.7 Å². The summed E-state index contributed by atoms with van der Waals surface area (Å²) in [6.45, 7) is 5.09. The van der Waals surface area contributed by atoms with Crippen LogP contribution >= 0.6 is 11.8 Å². The molecule has 1 rings (SSSR count). The molecule has 1 unspecified atom stereocenters. The second kappa shape index (κ2) is 8.39. The summed E-state index contributed by atoms with van der Waals surface area (Å²) >= 11 is 1.88. The second-order valence-corrected chi connectivity index (χ2v) is 6.14. The van der Waals surface area contributed by atoms with Crippen LogP contribution in [0, 0.1) is 6.92 Å². The molecule has 0 amide bonds. The third-order valence-corrected chi connectivity index (χ3v) is 4.17. The van der Waals surface area contributed by atoms with Gasteiger partial charge in [0.05, 0.1) is 0 Å². The highest BCUT2D eigenvalue weighted by molar-refractivity contribution is 7.98. The molecule has 0 saturated heterocycles. The smallest absolute Gasteiger partial charge is 0.164 e. The zero-order chi connectivity index (χ0) is 14.3. The molecule has 0 spiro atoms. The molecule has 0 aliphatic rings. The first-order valence-electron chi connectivity index (χ1n) is 6.83. The predicted molar refractivity (Wildman–Crippen MR) is 85.2 cm³/mol. The number of aryl methyl sites for hydroxylation is 1. The van der Waals surface area contributed by atoms with E-state index in [9.17, 15) is 4.79 Å². The van der Waals surface area contributed by atoms with Crippen LogP contribution in [0.15, 0.2) is 24.3 Å². The Morgan fingerprint density at radius 1 is 1.42 bits per heavy atom. The molecular formula is C16H25NOS. The summed E-state index contributed by atoms with van der Waals surface area (Å²) in [6.07, 6.45) is 3.91. The molecule has 0 aromatic heterocycles. The molecular weight excluding hydrogens is 254 g/mol. The third-order valence-electron chi connectivity index (χ3n) is 3.52. The predicted octanol–water partition coefficient (Wildman–Crippen LogP) is 3.64. The number of carbonyl (C=O) groups is 1. The van der Waals surface area contributed by atoms with Crippen molar-refractivity contribution in [2.75, 3.05) is 25.6 Å². The highest BCUT2D eigenvalue weighted by Gasteiger charge is 2.11. The molecule has 0 aliphatic heterocycles. The Morgan fingerprint density at radius 2 is 2.16 bits per heavy atom. The van der Waals surface area contributed by atoms with Gasteiger partial charge in [-0.2, -0.15) is 11.8 Å². The van der Waals surface area contributed by atoms with Gasteiger partial charge in [-0.05, 0) is 45.4 Å². The molecule has 1 atom stereocenters. The fourth-order valence-corrected chi connectivity index (χ4v) is 2.55. The number of Topliss-reactive ketones (excluding diaryl/α,β-unsaturated/α-hetero) is 1. The molecule has 0 fully saturated rings. The van der Waals surface area contributed by atoms with Gasteiger partial charge < -0.3 is 4.90 Å². The second-order valence-electron chi connectivity index (χ2n) is 5.15. The Kier molecular flexibility index (Phi) is 7.17. The standard InChI is InChI=1S/C16H25NOS/c1-13-6-5-7-15(12-13)16(18)8-10-17(3)14(2)9-11-19-4/h5-7,12,14H,8-11H2,1-4H3. The average molecular weight is 279 g/mol. The Bertz CT molecular complexity index is 405. The first-order valence-corrected chi connectivity index (χ1v) is 8.23. The topological polar surface area (TPSA) is 20.3 Å². The number of rotatable bonds is 8. The first-order chi connectivity index (χ1) is 9.04. The van der Waals surface area contributed by atoms with Gasteiger partial charge in [-0.25, -0.2) is 0 Å². The summed E-state index contributed by atoms with van der Waals surface area (Å²) in [7, 11) is 2.11. The van der Waals surface area contributed by atoms with E-state index in [-0.39, 0.29) is 5.78 Å². The van der Waals surface area contributed by atoms with Crippen LogP contribution in [-0.2, 0) is 0 Å². The molecule has 1 aromatic carbocycles. The maximum Gasteiger partial charge on any atom is 0.164 e. The number of hydrogen-bond acceptors (Lipinski definition) is 3. The monoisotopic (exact) mass is 279 g/mol. The van der Waals surface area contributed by atoms with Crippen LogP contribution in [0.2, 0.25) is 0 Å². The Balaban J connectivity index is 2.41. The molecule has 1 aromatic rings. The van der Waals surface area contributed by atoms with Gasteiger partial charge in [-0.1, -0.05) is 23.8 Å². The van der Waals surface area contributed by atoms with Crippen LogP contribution in [0.5, 0.6) is 0 Å². The van der Waals surface area contributed by atoms with Crippen LogP contribution < -0.4 is 0 Å². The zero-order valence-corrected chi connectivity index (χ0v) is 13.3. The number of ketones is 1. The maximum absolute atomic E-state index is 12.1. The highest BCUT2D eigenvalue weighted by atomic mass is 32.2. The van der Waals surface area contributed by atoms with Crippen molar-refractivity contribution < 1.29 is 4.79 Å². The van der Waals surface area contributed by atoms with E-state index in [1.54, 1.807) is 0 Å². The van der Waals surface area contributed by atoms with E-state index in [1.165, 1.54) is 12.2 Å². The molecule has 0 bridgehead atoms. The molecule has 0 saturated carbocycles. The molecule has 106 valence electrons. The quantitative estimate of drug-likeness (QED) is 0.678. The van der Waals surface area contributed by atoms with Gasteiger partial charge in [-0.3, -0.25) is 4.79 Å². The summed E-state index contributed by atoms with van der Waals surface area (Å²) < 4.78 is 0. The maximum atomic E-state index is 12.1. The number of hydrogen-bond donors (Lipinski definition) is 0. The van der Waals surface area contributed by atoms with Gasteiger partial charge in [0.1, 0.15) is 0 Å². The summed E-state index contributed by atoms with van der Waals surface area (Å²) in [6, 6.07) is 8.39. The average Bonchev–Trinajstić information content (AvgIpc) is 2.41. The molecule has 0 N–H and O–H groups in total. The molecule has 19 heavy (non-hydrogen) atoms. The fraction of sp³-hybridized carbons (Fsp3) is 0.562. The number of thioether (sulfide) groups is 1. The van der Waals surface area contributed by atoms with Gasteiger partial charge in [0.15, 0.2) is 5.78 Å². The first kappa shape index (κ1) is 16.3. The van der Waals surface area contributed by atoms with Crippen molar-refractivity contribution in [3.63, 3.8) is 0 Å². The highest BCUT2D eigenvalue weighted by Crippen LogP contribution is 2.10. The lowest BCUT2D eigenvalue weighted by molar-refractivity contribution is 0.0961. The van der Waals surface area contributed by atoms with E-state index >= 15 is 0 Å². The summed E-state index contributed by atoms with van der Waals surface area (Å²) in [5.74, 6) is 1.42. The molecule has 0 aliphatic carbocycles. The van der Waals surface area contributed by atoms with Crippen molar-refractivity contribution in [3.8, 4) is 0 Å². The Labute approximate surface area is 121 Å². The minimum absolute atomic E-state index is 0.243. The lowest BCUT2D eigenvalue weighted by Gasteiger charge is -2.24. The Morgan fingerprint density at radius 3 is 2.79 bits per heavy atom. The zero-order valence-electron chi connectivity index (χ0n) is 12.5. The molecule has 0 heterocycles. The summed E-state index contributed by atoms with van der Waals surface area (Å²) in [5.41, 5.74) is 1.98. The minimum atomic E-state index is 0.243. The van der Waals surface area contributed by atoms with Crippen molar-refractivity contribution in [2.45, 2.75) is 32.7 Å². The van der Waals surface area contributed by atoms with Crippen LogP contribution in [0.4, 0.5) is 0 Å². The van der Waals surface area contributed by atoms with Gasteiger partial charge in [-0.15, -0.1) is 0 Å². The lowest BCUT2D eigenvalue weighted by atomic mass is 10.1. The molecule has 3 heteroatoms. The van der Waals surface area contributed by atoms with E-state index in [1.807, 2.05) is 43.0 Å². The van der Waals surface area contributed by atoms with Gasteiger partial charge in [0.2, 0.25) is 0 Å². The SMILES string of the molecule is CSCCC(C)N(C)CCC(=O)c1cccc(C)c1. The largest absolute Gasteiger partial charge is 0.303 e. The van der Waals surface area contributed by atoms with Gasteiger partial charge >= 0.3 is 0 Å².